The number of likely N-dealkylation sites (tertiary alicyclic amines) is 1. The summed E-state index contributed by atoms with van der Waals surface area (Å²) >= 11 is 0. The van der Waals surface area contributed by atoms with E-state index in [1.54, 1.807) is 0 Å². The molecule has 0 bridgehead atoms. The fourth-order valence-corrected chi connectivity index (χ4v) is 2.27. The standard InChI is InChI=1S/C9H19N3.2ClH/c10-8-5-9(11-6-8)7-12-3-1-2-4-12;;/h8-9,11H,1-7,10H2;2*1H/t8-,9+;;/m1../s1. The van der Waals surface area contributed by atoms with Gasteiger partial charge in [-0.1, -0.05) is 0 Å². The highest BCUT2D eigenvalue weighted by Gasteiger charge is 2.23. The lowest BCUT2D eigenvalue weighted by Gasteiger charge is -2.19. The average Bonchev–Trinajstić information content (AvgIpc) is 2.63. The van der Waals surface area contributed by atoms with Crippen LogP contribution in [0.2, 0.25) is 0 Å². The minimum absolute atomic E-state index is 0. The SMILES string of the molecule is Cl.Cl.N[C@H]1CN[C@H](CN2CCCC2)C1. The van der Waals surface area contributed by atoms with Gasteiger partial charge in [-0.2, -0.15) is 0 Å². The Bertz CT molecular complexity index is 151. The Morgan fingerprint density at radius 1 is 1.21 bits per heavy atom. The number of halogens is 2. The van der Waals surface area contributed by atoms with Crippen LogP contribution in [0.4, 0.5) is 0 Å². The van der Waals surface area contributed by atoms with Crippen molar-refractivity contribution in [2.75, 3.05) is 26.2 Å². The van der Waals surface area contributed by atoms with E-state index in [0.29, 0.717) is 12.1 Å². The zero-order chi connectivity index (χ0) is 8.39. The van der Waals surface area contributed by atoms with Crippen LogP contribution >= 0.6 is 24.8 Å². The van der Waals surface area contributed by atoms with Crippen molar-refractivity contribution in [1.82, 2.24) is 10.2 Å². The van der Waals surface area contributed by atoms with Crippen LogP contribution < -0.4 is 11.1 Å². The first-order valence-corrected chi connectivity index (χ1v) is 5.06. The van der Waals surface area contributed by atoms with Crippen LogP contribution in [-0.2, 0) is 0 Å². The first kappa shape index (κ1) is 14.5. The molecule has 0 aromatic carbocycles. The smallest absolute Gasteiger partial charge is 0.0210 e. The van der Waals surface area contributed by atoms with Gasteiger partial charge in [0.15, 0.2) is 0 Å². The van der Waals surface area contributed by atoms with E-state index in [1.165, 1.54) is 32.5 Å². The van der Waals surface area contributed by atoms with Gasteiger partial charge in [-0.25, -0.2) is 0 Å². The molecule has 0 aromatic heterocycles. The summed E-state index contributed by atoms with van der Waals surface area (Å²) in [5, 5.41) is 3.47. The first-order valence-electron chi connectivity index (χ1n) is 5.06. The second-order valence-electron chi connectivity index (χ2n) is 4.11. The molecular formula is C9H21Cl2N3. The van der Waals surface area contributed by atoms with Crippen LogP contribution in [0.25, 0.3) is 0 Å². The van der Waals surface area contributed by atoms with Crippen molar-refractivity contribution in [1.29, 1.82) is 0 Å². The number of nitrogens with one attached hydrogen (secondary N) is 1. The van der Waals surface area contributed by atoms with Gasteiger partial charge in [0.05, 0.1) is 0 Å². The Morgan fingerprint density at radius 3 is 2.36 bits per heavy atom. The molecule has 5 heteroatoms. The van der Waals surface area contributed by atoms with E-state index in [0.717, 1.165) is 13.0 Å². The highest BCUT2D eigenvalue weighted by Crippen LogP contribution is 2.11. The summed E-state index contributed by atoms with van der Waals surface area (Å²) in [6.45, 7) is 4.83. The summed E-state index contributed by atoms with van der Waals surface area (Å²) in [7, 11) is 0. The molecule has 2 fully saturated rings. The lowest BCUT2D eigenvalue weighted by molar-refractivity contribution is 0.302. The second kappa shape index (κ2) is 6.85. The molecule has 2 rings (SSSR count). The van der Waals surface area contributed by atoms with Crippen molar-refractivity contribution in [3.05, 3.63) is 0 Å². The quantitative estimate of drug-likeness (QED) is 0.745. The Kier molecular flexibility index (Phi) is 7.08. The monoisotopic (exact) mass is 241 g/mol. The number of hydrogen-bond donors (Lipinski definition) is 2. The van der Waals surface area contributed by atoms with Crippen LogP contribution in [0.5, 0.6) is 0 Å². The van der Waals surface area contributed by atoms with Gasteiger partial charge in [-0.3, -0.25) is 0 Å². The average molecular weight is 242 g/mol. The Morgan fingerprint density at radius 2 is 1.86 bits per heavy atom. The maximum Gasteiger partial charge on any atom is 0.0210 e. The van der Waals surface area contributed by atoms with Gasteiger partial charge in [0.1, 0.15) is 0 Å². The zero-order valence-corrected chi connectivity index (χ0v) is 10.1. The molecule has 0 aromatic rings. The van der Waals surface area contributed by atoms with E-state index in [9.17, 15) is 0 Å². The van der Waals surface area contributed by atoms with E-state index >= 15 is 0 Å². The Hall–Kier alpha value is 0.460. The molecule has 0 saturated carbocycles. The van der Waals surface area contributed by atoms with Gasteiger partial charge in [0, 0.05) is 25.2 Å². The highest BCUT2D eigenvalue weighted by atomic mass is 35.5. The van der Waals surface area contributed by atoms with Crippen LogP contribution in [0.1, 0.15) is 19.3 Å². The summed E-state index contributed by atoms with van der Waals surface area (Å²) in [5.41, 5.74) is 5.82. The molecule has 2 aliphatic heterocycles. The normalized spacial score (nSPS) is 32.4. The number of nitrogens with two attached hydrogens (primary N) is 1. The van der Waals surface area contributed by atoms with E-state index in [2.05, 4.69) is 10.2 Å². The van der Waals surface area contributed by atoms with E-state index in [-0.39, 0.29) is 24.8 Å². The first-order chi connectivity index (χ1) is 5.84. The van der Waals surface area contributed by atoms with Gasteiger partial charge < -0.3 is 16.0 Å². The lowest BCUT2D eigenvalue weighted by atomic mass is 10.2. The van der Waals surface area contributed by atoms with E-state index in [4.69, 9.17) is 5.73 Å². The molecule has 2 saturated heterocycles. The zero-order valence-electron chi connectivity index (χ0n) is 8.45. The maximum atomic E-state index is 5.82. The van der Waals surface area contributed by atoms with Gasteiger partial charge in [0.2, 0.25) is 0 Å². The molecule has 2 atom stereocenters. The Balaban J connectivity index is 0.000000845. The molecule has 0 spiro atoms. The lowest BCUT2D eigenvalue weighted by Crippen LogP contribution is -2.35. The highest BCUT2D eigenvalue weighted by molar-refractivity contribution is 5.85. The topological polar surface area (TPSA) is 41.3 Å². The maximum absolute atomic E-state index is 5.82. The molecule has 3 nitrogen and oxygen atoms in total. The predicted octanol–water partition coefficient (Wildman–Crippen LogP) is 0.615. The van der Waals surface area contributed by atoms with E-state index in [1.807, 2.05) is 0 Å². The Labute approximate surface area is 98.6 Å². The third-order valence-electron chi connectivity index (χ3n) is 2.93. The summed E-state index contributed by atoms with van der Waals surface area (Å²) in [4.78, 5) is 2.55. The molecule has 2 aliphatic rings. The second-order valence-corrected chi connectivity index (χ2v) is 4.11. The van der Waals surface area contributed by atoms with Crippen LogP contribution in [0.15, 0.2) is 0 Å². The number of rotatable bonds is 2. The van der Waals surface area contributed by atoms with Gasteiger partial charge in [-0.05, 0) is 32.4 Å². The minimum atomic E-state index is 0. The largest absolute Gasteiger partial charge is 0.326 e. The number of hydrogen-bond acceptors (Lipinski definition) is 3. The minimum Gasteiger partial charge on any atom is -0.326 e. The van der Waals surface area contributed by atoms with Crippen LogP contribution in [0, 0.1) is 0 Å². The summed E-state index contributed by atoms with van der Waals surface area (Å²) < 4.78 is 0. The summed E-state index contributed by atoms with van der Waals surface area (Å²) in [6, 6.07) is 1.07. The van der Waals surface area contributed by atoms with Crippen molar-refractivity contribution in [2.24, 2.45) is 5.73 Å². The molecule has 0 unspecified atom stereocenters. The van der Waals surface area contributed by atoms with Crippen LogP contribution in [-0.4, -0.2) is 43.2 Å². The summed E-state index contributed by atoms with van der Waals surface area (Å²) in [6.07, 6.45) is 3.94. The van der Waals surface area contributed by atoms with Gasteiger partial charge >= 0.3 is 0 Å². The van der Waals surface area contributed by atoms with Crippen molar-refractivity contribution in [3.8, 4) is 0 Å². The molecule has 14 heavy (non-hydrogen) atoms. The molecule has 0 aliphatic carbocycles. The van der Waals surface area contributed by atoms with Gasteiger partial charge in [-0.15, -0.1) is 24.8 Å². The molecule has 86 valence electrons. The molecule has 0 radical (unpaired) electrons. The third kappa shape index (κ3) is 3.91. The predicted molar refractivity (Wildman–Crippen MR) is 64.6 cm³/mol. The third-order valence-corrected chi connectivity index (χ3v) is 2.93. The fraction of sp³-hybridized carbons (Fsp3) is 1.00. The van der Waals surface area contributed by atoms with Crippen molar-refractivity contribution >= 4 is 24.8 Å². The molecule has 2 heterocycles. The molecule has 3 N–H and O–H groups in total. The summed E-state index contributed by atoms with van der Waals surface area (Å²) in [5.74, 6) is 0. The fourth-order valence-electron chi connectivity index (χ4n) is 2.27. The van der Waals surface area contributed by atoms with E-state index < -0.39 is 0 Å². The molecule has 0 amide bonds. The van der Waals surface area contributed by atoms with Crippen molar-refractivity contribution in [3.63, 3.8) is 0 Å². The van der Waals surface area contributed by atoms with Crippen LogP contribution in [0.3, 0.4) is 0 Å². The van der Waals surface area contributed by atoms with Crippen molar-refractivity contribution < 1.29 is 0 Å². The molecular weight excluding hydrogens is 221 g/mol. The van der Waals surface area contributed by atoms with Gasteiger partial charge in [0.25, 0.3) is 0 Å². The number of nitrogens with zero attached hydrogens (tertiary/aromatic N) is 1. The van der Waals surface area contributed by atoms with Crippen molar-refractivity contribution in [2.45, 2.75) is 31.3 Å².